The number of halogens is 3. The lowest BCUT2D eigenvalue weighted by Gasteiger charge is -2.19. The average Bonchev–Trinajstić information content (AvgIpc) is 2.70. The number of hydrogen-bond acceptors (Lipinski definition) is 3. The van der Waals surface area contributed by atoms with Gasteiger partial charge >= 0.3 is 6.18 Å². The smallest absolute Gasteiger partial charge is 0.346 e. The maximum atomic E-state index is 12.0. The molecule has 0 spiro atoms. The predicted octanol–water partition coefficient (Wildman–Crippen LogP) is 2.64. The fraction of sp³-hybridized carbons (Fsp3) is 0.615. The molecule has 7 heteroatoms. The summed E-state index contributed by atoms with van der Waals surface area (Å²) in [6.45, 7) is 4.18. The Hall–Kier alpha value is -1.08. The topological polar surface area (TPSA) is 41.1 Å². The molecular weight excluding hydrogens is 289 g/mol. The van der Waals surface area contributed by atoms with Crippen molar-refractivity contribution in [2.45, 2.75) is 45.5 Å². The lowest BCUT2D eigenvalue weighted by atomic mass is 10.1. The van der Waals surface area contributed by atoms with Gasteiger partial charge in [-0.15, -0.1) is 11.3 Å². The molecule has 0 aliphatic heterocycles. The minimum Gasteiger partial charge on any atom is -0.346 e. The van der Waals surface area contributed by atoms with E-state index in [1.807, 2.05) is 31.3 Å². The normalized spacial score (nSPS) is 14.9. The standard InChI is InChI=1S/C13H19F3N2OS/c1-8(6-11-5-4-9(2)20-11)18-10(3)12(19)17-7-13(14,15)16/h4-5,8,10,18H,6-7H2,1-3H3,(H,17,19). The third-order valence-electron chi connectivity index (χ3n) is 2.69. The second-order valence-corrected chi connectivity index (χ2v) is 6.21. The molecule has 3 nitrogen and oxygen atoms in total. The number of carbonyl (C=O) groups is 1. The molecule has 0 fully saturated rings. The summed E-state index contributed by atoms with van der Waals surface area (Å²) in [6, 6.07) is 3.40. The van der Waals surface area contributed by atoms with Crippen LogP contribution in [-0.2, 0) is 11.2 Å². The number of thiophene rings is 1. The zero-order valence-corrected chi connectivity index (χ0v) is 12.5. The highest BCUT2D eigenvalue weighted by Crippen LogP contribution is 2.17. The number of rotatable bonds is 6. The summed E-state index contributed by atoms with van der Waals surface area (Å²) < 4.78 is 36.0. The van der Waals surface area contributed by atoms with Crippen LogP contribution in [0.3, 0.4) is 0 Å². The molecule has 0 bridgehead atoms. The molecule has 0 aromatic carbocycles. The summed E-state index contributed by atoms with van der Waals surface area (Å²) >= 11 is 1.68. The minimum absolute atomic E-state index is 0.0136. The number of nitrogens with one attached hydrogen (secondary N) is 2. The van der Waals surface area contributed by atoms with Gasteiger partial charge in [0.15, 0.2) is 0 Å². The van der Waals surface area contributed by atoms with Crippen LogP contribution in [0, 0.1) is 6.92 Å². The van der Waals surface area contributed by atoms with Crippen molar-refractivity contribution in [3.05, 3.63) is 21.9 Å². The molecule has 0 saturated carbocycles. The Kier molecular flexibility index (Phi) is 6.01. The van der Waals surface area contributed by atoms with Crippen molar-refractivity contribution in [2.24, 2.45) is 0 Å². The molecule has 1 heterocycles. The largest absolute Gasteiger partial charge is 0.405 e. The molecule has 0 aliphatic carbocycles. The second kappa shape index (κ2) is 7.08. The predicted molar refractivity (Wildman–Crippen MR) is 73.9 cm³/mol. The summed E-state index contributed by atoms with van der Waals surface area (Å²) in [6.07, 6.45) is -3.63. The van der Waals surface area contributed by atoms with Crippen LogP contribution in [0.5, 0.6) is 0 Å². The Balaban J connectivity index is 2.37. The second-order valence-electron chi connectivity index (χ2n) is 4.84. The lowest BCUT2D eigenvalue weighted by Crippen LogP contribution is -2.48. The van der Waals surface area contributed by atoms with Crippen LogP contribution in [0.2, 0.25) is 0 Å². The van der Waals surface area contributed by atoms with Gasteiger partial charge in [-0.3, -0.25) is 4.79 Å². The first-order chi connectivity index (χ1) is 9.17. The van der Waals surface area contributed by atoms with E-state index in [9.17, 15) is 18.0 Å². The van der Waals surface area contributed by atoms with E-state index < -0.39 is 24.7 Å². The van der Waals surface area contributed by atoms with Crippen LogP contribution >= 0.6 is 11.3 Å². The van der Waals surface area contributed by atoms with Crippen LogP contribution < -0.4 is 10.6 Å². The molecule has 114 valence electrons. The Labute approximate surface area is 120 Å². The highest BCUT2D eigenvalue weighted by molar-refractivity contribution is 7.11. The molecule has 1 aromatic rings. The maximum absolute atomic E-state index is 12.0. The Bertz CT molecular complexity index is 445. The van der Waals surface area contributed by atoms with Gasteiger partial charge in [0, 0.05) is 15.8 Å². The number of amides is 1. The molecule has 2 atom stereocenters. The van der Waals surface area contributed by atoms with Gasteiger partial charge in [0.25, 0.3) is 0 Å². The zero-order chi connectivity index (χ0) is 15.3. The first kappa shape index (κ1) is 17.0. The van der Waals surface area contributed by atoms with E-state index in [-0.39, 0.29) is 6.04 Å². The van der Waals surface area contributed by atoms with Gasteiger partial charge in [-0.2, -0.15) is 13.2 Å². The molecule has 0 saturated heterocycles. The van der Waals surface area contributed by atoms with Gasteiger partial charge in [0.2, 0.25) is 5.91 Å². The fourth-order valence-electron chi connectivity index (χ4n) is 1.80. The van der Waals surface area contributed by atoms with Crippen LogP contribution in [0.15, 0.2) is 12.1 Å². The molecule has 0 aliphatic rings. The summed E-state index contributed by atoms with van der Waals surface area (Å²) in [7, 11) is 0. The van der Waals surface area contributed by atoms with E-state index in [0.717, 1.165) is 6.42 Å². The Morgan fingerprint density at radius 1 is 1.35 bits per heavy atom. The van der Waals surface area contributed by atoms with Gasteiger partial charge in [-0.25, -0.2) is 0 Å². The van der Waals surface area contributed by atoms with E-state index in [1.165, 1.54) is 9.75 Å². The van der Waals surface area contributed by atoms with Crippen LogP contribution in [0.4, 0.5) is 13.2 Å². The molecule has 20 heavy (non-hydrogen) atoms. The zero-order valence-electron chi connectivity index (χ0n) is 11.7. The van der Waals surface area contributed by atoms with Crippen molar-refractivity contribution in [1.82, 2.24) is 10.6 Å². The highest BCUT2D eigenvalue weighted by atomic mass is 32.1. The molecule has 1 amide bonds. The van der Waals surface area contributed by atoms with Crippen LogP contribution in [-0.4, -0.2) is 30.7 Å². The van der Waals surface area contributed by atoms with Gasteiger partial charge in [-0.1, -0.05) is 0 Å². The first-order valence-corrected chi connectivity index (χ1v) is 7.15. The van der Waals surface area contributed by atoms with Crippen molar-refractivity contribution in [1.29, 1.82) is 0 Å². The number of aryl methyl sites for hydroxylation is 1. The summed E-state index contributed by atoms with van der Waals surface area (Å²) in [4.78, 5) is 13.9. The maximum Gasteiger partial charge on any atom is 0.405 e. The fourth-order valence-corrected chi connectivity index (χ4v) is 2.82. The quantitative estimate of drug-likeness (QED) is 0.848. The Morgan fingerprint density at radius 2 is 2.00 bits per heavy atom. The molecule has 2 unspecified atom stereocenters. The van der Waals surface area contributed by atoms with Crippen LogP contribution in [0.1, 0.15) is 23.6 Å². The highest BCUT2D eigenvalue weighted by Gasteiger charge is 2.28. The Morgan fingerprint density at radius 3 is 2.50 bits per heavy atom. The van der Waals surface area contributed by atoms with E-state index in [0.29, 0.717) is 0 Å². The van der Waals surface area contributed by atoms with E-state index >= 15 is 0 Å². The van der Waals surface area contributed by atoms with Gasteiger partial charge < -0.3 is 10.6 Å². The van der Waals surface area contributed by atoms with Gasteiger partial charge in [0.05, 0.1) is 6.04 Å². The number of alkyl halides is 3. The van der Waals surface area contributed by atoms with E-state index in [1.54, 1.807) is 18.3 Å². The van der Waals surface area contributed by atoms with Gasteiger partial charge in [-0.05, 0) is 39.3 Å². The van der Waals surface area contributed by atoms with Crippen molar-refractivity contribution >= 4 is 17.2 Å². The monoisotopic (exact) mass is 308 g/mol. The summed E-state index contributed by atoms with van der Waals surface area (Å²) in [5.74, 6) is -0.642. The summed E-state index contributed by atoms with van der Waals surface area (Å²) in [5.41, 5.74) is 0. The van der Waals surface area contributed by atoms with Crippen LogP contribution in [0.25, 0.3) is 0 Å². The number of carbonyl (C=O) groups excluding carboxylic acids is 1. The third-order valence-corrected chi connectivity index (χ3v) is 3.72. The first-order valence-electron chi connectivity index (χ1n) is 6.33. The van der Waals surface area contributed by atoms with Crippen molar-refractivity contribution in [2.75, 3.05) is 6.54 Å². The molecule has 1 aromatic heterocycles. The average molecular weight is 308 g/mol. The van der Waals surface area contributed by atoms with E-state index in [2.05, 4.69) is 5.32 Å². The molecule has 1 rings (SSSR count). The minimum atomic E-state index is -4.38. The van der Waals surface area contributed by atoms with Crippen molar-refractivity contribution in [3.8, 4) is 0 Å². The van der Waals surface area contributed by atoms with E-state index in [4.69, 9.17) is 0 Å². The van der Waals surface area contributed by atoms with Gasteiger partial charge in [0.1, 0.15) is 6.54 Å². The number of hydrogen-bond donors (Lipinski definition) is 2. The summed E-state index contributed by atoms with van der Waals surface area (Å²) in [5, 5.41) is 4.87. The lowest BCUT2D eigenvalue weighted by molar-refractivity contribution is -0.139. The molecule has 2 N–H and O–H groups in total. The van der Waals surface area contributed by atoms with Crippen molar-refractivity contribution < 1.29 is 18.0 Å². The third kappa shape index (κ3) is 6.38. The SMILES string of the molecule is Cc1ccc(CC(C)NC(C)C(=O)NCC(F)(F)F)s1. The molecule has 0 radical (unpaired) electrons. The van der Waals surface area contributed by atoms with Crippen molar-refractivity contribution in [3.63, 3.8) is 0 Å². The molecular formula is C13H19F3N2OS.